The average molecular weight is 271 g/mol. The van der Waals surface area contributed by atoms with Crippen molar-refractivity contribution in [3.05, 3.63) is 29.8 Å². The van der Waals surface area contributed by atoms with E-state index in [1.54, 1.807) is 6.92 Å². The summed E-state index contributed by atoms with van der Waals surface area (Å²) in [5.74, 6) is -0.413. The fourth-order valence-electron chi connectivity index (χ4n) is 1.30. The molecule has 0 saturated carbocycles. The lowest BCUT2D eigenvalue weighted by atomic mass is 10.1. The van der Waals surface area contributed by atoms with Crippen LogP contribution >= 0.6 is 0 Å². The number of carbonyl (C=O) groups is 1. The molecule has 7 heteroatoms. The first kappa shape index (κ1) is 14.8. The van der Waals surface area contributed by atoms with Gasteiger partial charge in [0.15, 0.2) is 0 Å². The average Bonchev–Trinajstić information content (AvgIpc) is 2.35. The van der Waals surface area contributed by atoms with Gasteiger partial charge in [0.1, 0.15) is 0 Å². The van der Waals surface area contributed by atoms with Gasteiger partial charge in [0.25, 0.3) is 0 Å². The molecule has 1 rings (SSSR count). The molecule has 0 aliphatic rings. The molecule has 0 fully saturated rings. The highest BCUT2D eigenvalue weighted by Crippen LogP contribution is 2.34. The van der Waals surface area contributed by atoms with E-state index >= 15 is 0 Å². The van der Waals surface area contributed by atoms with Crippen molar-refractivity contribution in [1.82, 2.24) is 5.32 Å². The number of halogens is 3. The van der Waals surface area contributed by atoms with Gasteiger partial charge < -0.3 is 10.6 Å². The first-order valence-electron chi connectivity index (χ1n) is 5.45. The van der Waals surface area contributed by atoms with Crippen LogP contribution in [0.25, 0.3) is 0 Å². The molecule has 0 aliphatic heterocycles. The summed E-state index contributed by atoms with van der Waals surface area (Å²) in [5.41, 5.74) is -1.24. The van der Waals surface area contributed by atoms with Crippen LogP contribution in [0.15, 0.2) is 24.3 Å². The van der Waals surface area contributed by atoms with E-state index in [0.717, 1.165) is 12.1 Å². The number of urea groups is 1. The number of amides is 2. The van der Waals surface area contributed by atoms with Gasteiger partial charge in [-0.3, -0.25) is 0 Å². The summed E-state index contributed by atoms with van der Waals surface area (Å²) in [6, 6.07) is 5.80. The number of carbonyl (C=O) groups excluding carboxylic acids is 1. The Labute approximate surface area is 108 Å². The normalized spacial score (nSPS) is 12.4. The third-order valence-electron chi connectivity index (χ3n) is 2.27. The maximum atomic E-state index is 12.7. The minimum atomic E-state index is -4.54. The molecule has 19 heavy (non-hydrogen) atoms. The van der Waals surface area contributed by atoms with Crippen LogP contribution in [0.3, 0.4) is 0 Å². The van der Waals surface area contributed by atoms with Crippen LogP contribution in [0.4, 0.5) is 23.7 Å². The summed E-state index contributed by atoms with van der Waals surface area (Å²) < 4.78 is 38.0. The Balaban J connectivity index is 2.73. The van der Waals surface area contributed by atoms with Crippen molar-refractivity contribution in [3.63, 3.8) is 0 Å². The van der Waals surface area contributed by atoms with Crippen molar-refractivity contribution < 1.29 is 18.0 Å². The number of alkyl halides is 3. The zero-order valence-electron chi connectivity index (χ0n) is 10.1. The van der Waals surface area contributed by atoms with Crippen molar-refractivity contribution in [3.8, 4) is 6.07 Å². The van der Waals surface area contributed by atoms with E-state index in [1.165, 1.54) is 12.1 Å². The van der Waals surface area contributed by atoms with Gasteiger partial charge in [-0.15, -0.1) is 0 Å². The number of rotatable bonds is 3. The molecule has 102 valence electrons. The van der Waals surface area contributed by atoms with E-state index in [9.17, 15) is 18.0 Å². The first-order valence-corrected chi connectivity index (χ1v) is 5.45. The summed E-state index contributed by atoms with van der Waals surface area (Å²) in [6.45, 7) is 1.65. The molecule has 2 N–H and O–H groups in total. The van der Waals surface area contributed by atoms with E-state index < -0.39 is 23.7 Å². The topological polar surface area (TPSA) is 64.9 Å². The summed E-state index contributed by atoms with van der Waals surface area (Å²) in [5, 5.41) is 13.0. The van der Waals surface area contributed by atoms with Crippen LogP contribution in [-0.4, -0.2) is 12.6 Å². The molecule has 4 nitrogen and oxygen atoms in total. The second kappa shape index (κ2) is 6.09. The molecule has 0 aliphatic carbocycles. The summed E-state index contributed by atoms with van der Waals surface area (Å²) in [6.07, 6.45) is -4.54. The Bertz CT molecular complexity index is 494. The number of nitrogens with zero attached hydrogens (tertiary/aromatic N) is 1. The molecular formula is C12H12F3N3O. The molecule has 1 atom stereocenters. The number of anilines is 1. The number of hydrogen-bond acceptors (Lipinski definition) is 2. The third-order valence-corrected chi connectivity index (χ3v) is 2.27. The Morgan fingerprint density at radius 2 is 2.05 bits per heavy atom. The molecule has 0 heterocycles. The van der Waals surface area contributed by atoms with Gasteiger partial charge in [-0.1, -0.05) is 12.1 Å². The standard InChI is InChI=1S/C12H12F3N3O/c1-8(6-16)7-17-11(19)18-10-5-3-2-4-9(10)12(13,14)15/h2-5,8H,7H2,1H3,(H2,17,18,19). The lowest BCUT2D eigenvalue weighted by Gasteiger charge is -2.14. The Morgan fingerprint density at radius 1 is 1.42 bits per heavy atom. The van der Waals surface area contributed by atoms with Crippen molar-refractivity contribution in [1.29, 1.82) is 5.26 Å². The molecule has 0 saturated heterocycles. The van der Waals surface area contributed by atoms with Crippen LogP contribution in [0.5, 0.6) is 0 Å². The molecule has 0 spiro atoms. The molecule has 0 bridgehead atoms. The van der Waals surface area contributed by atoms with E-state index in [1.807, 2.05) is 6.07 Å². The van der Waals surface area contributed by atoms with E-state index in [4.69, 9.17) is 5.26 Å². The van der Waals surface area contributed by atoms with Gasteiger partial charge >= 0.3 is 12.2 Å². The van der Waals surface area contributed by atoms with Gasteiger partial charge in [-0.2, -0.15) is 18.4 Å². The largest absolute Gasteiger partial charge is 0.418 e. The zero-order chi connectivity index (χ0) is 14.5. The number of para-hydroxylation sites is 1. The lowest BCUT2D eigenvalue weighted by Crippen LogP contribution is -2.32. The minimum Gasteiger partial charge on any atom is -0.337 e. The van der Waals surface area contributed by atoms with Crippen molar-refractivity contribution in [2.45, 2.75) is 13.1 Å². The predicted molar refractivity (Wildman–Crippen MR) is 63.2 cm³/mol. The van der Waals surface area contributed by atoms with E-state index in [0.29, 0.717) is 0 Å². The molecule has 2 amide bonds. The smallest absolute Gasteiger partial charge is 0.337 e. The monoisotopic (exact) mass is 271 g/mol. The van der Waals surface area contributed by atoms with E-state index in [2.05, 4.69) is 10.6 Å². The van der Waals surface area contributed by atoms with Crippen molar-refractivity contribution in [2.75, 3.05) is 11.9 Å². The quantitative estimate of drug-likeness (QED) is 0.887. The van der Waals surface area contributed by atoms with Gasteiger partial charge in [0, 0.05) is 6.54 Å². The maximum absolute atomic E-state index is 12.7. The Hall–Kier alpha value is -2.23. The second-order valence-electron chi connectivity index (χ2n) is 3.91. The van der Waals surface area contributed by atoms with Crippen LogP contribution in [0.1, 0.15) is 12.5 Å². The number of nitriles is 1. The summed E-state index contributed by atoms with van der Waals surface area (Å²) in [4.78, 5) is 11.4. The predicted octanol–water partition coefficient (Wildman–Crippen LogP) is 2.99. The lowest BCUT2D eigenvalue weighted by molar-refractivity contribution is -0.136. The highest BCUT2D eigenvalue weighted by molar-refractivity contribution is 5.90. The van der Waals surface area contributed by atoms with Crippen LogP contribution < -0.4 is 10.6 Å². The third kappa shape index (κ3) is 4.50. The molecule has 1 aromatic carbocycles. The summed E-state index contributed by atoms with van der Waals surface area (Å²) >= 11 is 0. The van der Waals surface area contributed by atoms with Gasteiger partial charge in [-0.05, 0) is 19.1 Å². The number of nitrogens with one attached hydrogen (secondary N) is 2. The Morgan fingerprint density at radius 3 is 2.63 bits per heavy atom. The Kier molecular flexibility index (Phi) is 4.75. The molecular weight excluding hydrogens is 259 g/mol. The zero-order valence-corrected chi connectivity index (χ0v) is 10.1. The fourth-order valence-corrected chi connectivity index (χ4v) is 1.30. The maximum Gasteiger partial charge on any atom is 0.418 e. The molecule has 0 aromatic heterocycles. The van der Waals surface area contributed by atoms with Crippen molar-refractivity contribution >= 4 is 11.7 Å². The van der Waals surface area contributed by atoms with Crippen LogP contribution in [0.2, 0.25) is 0 Å². The van der Waals surface area contributed by atoms with Gasteiger partial charge in [0.05, 0.1) is 23.2 Å². The van der Waals surface area contributed by atoms with Gasteiger partial charge in [0.2, 0.25) is 0 Å². The molecule has 0 radical (unpaired) electrons. The van der Waals surface area contributed by atoms with Gasteiger partial charge in [-0.25, -0.2) is 4.79 Å². The number of hydrogen-bond donors (Lipinski definition) is 2. The highest BCUT2D eigenvalue weighted by Gasteiger charge is 2.33. The first-order chi connectivity index (χ1) is 8.84. The van der Waals surface area contributed by atoms with Crippen molar-refractivity contribution in [2.24, 2.45) is 5.92 Å². The fraction of sp³-hybridized carbons (Fsp3) is 0.333. The summed E-state index contributed by atoms with van der Waals surface area (Å²) in [7, 11) is 0. The number of benzene rings is 1. The minimum absolute atomic E-state index is 0.0660. The molecule has 1 aromatic rings. The molecule has 1 unspecified atom stereocenters. The SMILES string of the molecule is CC(C#N)CNC(=O)Nc1ccccc1C(F)(F)F. The highest BCUT2D eigenvalue weighted by atomic mass is 19.4. The van der Waals surface area contributed by atoms with Crippen LogP contribution in [-0.2, 0) is 6.18 Å². The second-order valence-corrected chi connectivity index (χ2v) is 3.91. The van der Waals surface area contributed by atoms with E-state index in [-0.39, 0.29) is 12.2 Å². The van der Waals surface area contributed by atoms with Crippen LogP contribution in [0, 0.1) is 17.2 Å².